The number of benzene rings is 1. The minimum atomic E-state index is 0.194. The van der Waals surface area contributed by atoms with Gasteiger partial charge in [0.15, 0.2) is 0 Å². The summed E-state index contributed by atoms with van der Waals surface area (Å²) in [4.78, 5) is 13.1. The summed E-state index contributed by atoms with van der Waals surface area (Å²) in [6, 6.07) is 7.91. The molecule has 4 nitrogen and oxygen atoms in total. The summed E-state index contributed by atoms with van der Waals surface area (Å²) in [7, 11) is 1.82. The molecule has 1 atom stereocenters. The summed E-state index contributed by atoms with van der Waals surface area (Å²) in [5, 5.41) is 12.3. The molecule has 5 heteroatoms. The number of hydrogen-bond acceptors (Lipinski definition) is 3. The van der Waals surface area contributed by atoms with Crippen LogP contribution in [-0.2, 0) is 4.79 Å². The van der Waals surface area contributed by atoms with Crippen LogP contribution in [0.15, 0.2) is 22.7 Å². The number of likely N-dealkylation sites (tertiary alicyclic amines) is 1. The number of nitrogens with one attached hydrogen (secondary N) is 1. The Morgan fingerprint density at radius 1 is 1.50 bits per heavy atom. The minimum Gasteiger partial charge on any atom is -0.380 e. The first-order valence-corrected chi connectivity index (χ1v) is 6.59. The molecule has 18 heavy (non-hydrogen) atoms. The van der Waals surface area contributed by atoms with Gasteiger partial charge in [-0.05, 0) is 24.6 Å². The summed E-state index contributed by atoms with van der Waals surface area (Å²) in [6.07, 6.45) is 1.41. The third-order valence-electron chi connectivity index (χ3n) is 3.02. The van der Waals surface area contributed by atoms with Crippen LogP contribution >= 0.6 is 15.9 Å². The summed E-state index contributed by atoms with van der Waals surface area (Å²) in [5.74, 6) is 0.194. The Labute approximate surface area is 115 Å². The Kier molecular flexibility index (Phi) is 3.87. The van der Waals surface area contributed by atoms with Crippen molar-refractivity contribution in [1.29, 1.82) is 5.26 Å². The average Bonchev–Trinajstić information content (AvgIpc) is 2.33. The van der Waals surface area contributed by atoms with Crippen LogP contribution in [0.4, 0.5) is 5.69 Å². The van der Waals surface area contributed by atoms with Crippen molar-refractivity contribution in [3.05, 3.63) is 28.2 Å². The predicted octanol–water partition coefficient (Wildman–Crippen LogP) is 2.35. The van der Waals surface area contributed by atoms with E-state index in [0.717, 1.165) is 16.6 Å². The third-order valence-corrected chi connectivity index (χ3v) is 3.48. The zero-order valence-electron chi connectivity index (χ0n) is 10.1. The Morgan fingerprint density at radius 2 is 2.28 bits per heavy atom. The first-order chi connectivity index (χ1) is 8.58. The van der Waals surface area contributed by atoms with Gasteiger partial charge in [0, 0.05) is 36.2 Å². The van der Waals surface area contributed by atoms with Gasteiger partial charge in [-0.25, -0.2) is 0 Å². The molecular weight excluding hydrogens is 294 g/mol. The molecule has 1 N–H and O–H groups in total. The van der Waals surface area contributed by atoms with Crippen LogP contribution in [0.1, 0.15) is 18.4 Å². The van der Waals surface area contributed by atoms with Gasteiger partial charge in [0.05, 0.1) is 11.6 Å². The molecule has 0 radical (unpaired) electrons. The van der Waals surface area contributed by atoms with Crippen molar-refractivity contribution in [2.75, 3.05) is 18.9 Å². The fraction of sp³-hybridized carbons (Fsp3) is 0.385. The molecule has 1 aromatic rings. The molecule has 0 aromatic heterocycles. The van der Waals surface area contributed by atoms with Gasteiger partial charge in [0.2, 0.25) is 5.91 Å². The van der Waals surface area contributed by atoms with Gasteiger partial charge >= 0.3 is 0 Å². The van der Waals surface area contributed by atoms with Gasteiger partial charge in [0.1, 0.15) is 0 Å². The monoisotopic (exact) mass is 307 g/mol. The Balaban J connectivity index is 2.08. The third kappa shape index (κ3) is 3.02. The maximum absolute atomic E-state index is 11.4. The molecule has 0 aliphatic carbocycles. The van der Waals surface area contributed by atoms with Gasteiger partial charge in [-0.15, -0.1) is 0 Å². The number of rotatable bonds is 2. The van der Waals surface area contributed by atoms with E-state index >= 15 is 0 Å². The van der Waals surface area contributed by atoms with E-state index in [1.165, 1.54) is 0 Å². The number of carbonyl (C=O) groups is 1. The number of nitriles is 1. The maximum Gasteiger partial charge on any atom is 0.222 e. The van der Waals surface area contributed by atoms with Crippen LogP contribution in [0.25, 0.3) is 0 Å². The van der Waals surface area contributed by atoms with Crippen molar-refractivity contribution in [2.24, 2.45) is 0 Å². The molecule has 1 aliphatic rings. The molecule has 1 amide bonds. The lowest BCUT2D eigenvalue weighted by Gasteiger charge is -2.30. The number of halogens is 1. The maximum atomic E-state index is 11.4. The summed E-state index contributed by atoms with van der Waals surface area (Å²) in [6.45, 7) is 0.702. The van der Waals surface area contributed by atoms with Crippen LogP contribution in [0.3, 0.4) is 0 Å². The second kappa shape index (κ2) is 5.40. The summed E-state index contributed by atoms with van der Waals surface area (Å²) >= 11 is 3.38. The Bertz CT molecular complexity index is 509. The second-order valence-electron chi connectivity index (χ2n) is 4.49. The zero-order chi connectivity index (χ0) is 13.1. The first-order valence-electron chi connectivity index (χ1n) is 5.79. The first kappa shape index (κ1) is 12.9. The number of amides is 1. The molecule has 1 aliphatic heterocycles. The number of hydrogen-bond donors (Lipinski definition) is 1. The van der Waals surface area contributed by atoms with E-state index in [0.29, 0.717) is 18.5 Å². The fourth-order valence-corrected chi connectivity index (χ4v) is 2.60. The topological polar surface area (TPSA) is 56.1 Å². The molecule has 1 heterocycles. The molecule has 94 valence electrons. The highest BCUT2D eigenvalue weighted by Gasteiger charge is 2.22. The molecule has 1 unspecified atom stereocenters. The standard InChI is InChI=1S/C13H14BrN3O/c1-17-8-11(2-3-13(17)18)16-12-5-9(7-15)4-10(14)6-12/h4-6,11,16H,2-3,8H2,1H3. The minimum absolute atomic E-state index is 0.194. The molecule has 0 spiro atoms. The van der Waals surface area contributed by atoms with Crippen molar-refractivity contribution in [3.8, 4) is 6.07 Å². The molecule has 2 rings (SSSR count). The lowest BCUT2D eigenvalue weighted by molar-refractivity contribution is -0.132. The van der Waals surface area contributed by atoms with Crippen molar-refractivity contribution in [2.45, 2.75) is 18.9 Å². The zero-order valence-corrected chi connectivity index (χ0v) is 11.7. The molecule has 1 saturated heterocycles. The van der Waals surface area contributed by atoms with Gasteiger partial charge in [-0.1, -0.05) is 15.9 Å². The van der Waals surface area contributed by atoms with Crippen molar-refractivity contribution in [1.82, 2.24) is 4.90 Å². The van der Waals surface area contributed by atoms with Crippen LogP contribution in [0.2, 0.25) is 0 Å². The molecule has 0 saturated carbocycles. The number of nitrogens with zero attached hydrogens (tertiary/aromatic N) is 2. The van der Waals surface area contributed by atoms with Crippen LogP contribution in [0, 0.1) is 11.3 Å². The largest absolute Gasteiger partial charge is 0.380 e. The predicted molar refractivity (Wildman–Crippen MR) is 73.1 cm³/mol. The van der Waals surface area contributed by atoms with Crippen molar-refractivity contribution >= 4 is 27.5 Å². The highest BCUT2D eigenvalue weighted by atomic mass is 79.9. The van der Waals surface area contributed by atoms with Gasteiger partial charge in [0.25, 0.3) is 0 Å². The van der Waals surface area contributed by atoms with E-state index in [4.69, 9.17) is 5.26 Å². The summed E-state index contributed by atoms with van der Waals surface area (Å²) in [5.41, 5.74) is 1.53. The van der Waals surface area contributed by atoms with E-state index in [-0.39, 0.29) is 11.9 Å². The normalized spacial score (nSPS) is 19.5. The lowest BCUT2D eigenvalue weighted by atomic mass is 10.1. The Morgan fingerprint density at radius 3 is 2.94 bits per heavy atom. The number of carbonyl (C=O) groups excluding carboxylic acids is 1. The fourth-order valence-electron chi connectivity index (χ4n) is 2.10. The van der Waals surface area contributed by atoms with E-state index in [9.17, 15) is 4.79 Å². The highest BCUT2D eigenvalue weighted by molar-refractivity contribution is 9.10. The Hall–Kier alpha value is -1.54. The van der Waals surface area contributed by atoms with E-state index in [2.05, 4.69) is 27.3 Å². The van der Waals surface area contributed by atoms with Crippen LogP contribution in [0.5, 0.6) is 0 Å². The molecule has 1 aromatic carbocycles. The van der Waals surface area contributed by atoms with Gasteiger partial charge in [-0.3, -0.25) is 4.79 Å². The average molecular weight is 308 g/mol. The molecule has 1 fully saturated rings. The van der Waals surface area contributed by atoms with Crippen LogP contribution in [-0.4, -0.2) is 30.4 Å². The second-order valence-corrected chi connectivity index (χ2v) is 5.41. The highest BCUT2D eigenvalue weighted by Crippen LogP contribution is 2.22. The van der Waals surface area contributed by atoms with Crippen molar-refractivity contribution < 1.29 is 4.79 Å². The molecule has 0 bridgehead atoms. The van der Waals surface area contributed by atoms with E-state index < -0.39 is 0 Å². The smallest absolute Gasteiger partial charge is 0.222 e. The molecular formula is C13H14BrN3O. The lowest BCUT2D eigenvalue weighted by Crippen LogP contribution is -2.43. The van der Waals surface area contributed by atoms with E-state index in [1.807, 2.05) is 19.2 Å². The van der Waals surface area contributed by atoms with E-state index in [1.54, 1.807) is 11.0 Å². The van der Waals surface area contributed by atoms with Crippen molar-refractivity contribution in [3.63, 3.8) is 0 Å². The summed E-state index contributed by atoms with van der Waals surface area (Å²) < 4.78 is 0.879. The SMILES string of the molecule is CN1CC(Nc2cc(Br)cc(C#N)c2)CCC1=O. The number of piperidine rings is 1. The van der Waals surface area contributed by atoms with Crippen LogP contribution < -0.4 is 5.32 Å². The quantitative estimate of drug-likeness (QED) is 0.912. The number of likely N-dealkylation sites (N-methyl/N-ethyl adjacent to an activating group) is 1. The van der Waals surface area contributed by atoms with Gasteiger partial charge < -0.3 is 10.2 Å². The van der Waals surface area contributed by atoms with Gasteiger partial charge in [-0.2, -0.15) is 5.26 Å². The number of anilines is 1.